The van der Waals surface area contributed by atoms with E-state index in [-0.39, 0.29) is 18.8 Å². The number of halogens is 1. The van der Waals surface area contributed by atoms with E-state index in [1.807, 2.05) is 50.2 Å². The Morgan fingerprint density at radius 2 is 1.83 bits per heavy atom. The fraction of sp³-hybridized carbons (Fsp3) is 0.179. The molecule has 1 saturated heterocycles. The maximum atomic E-state index is 13.0. The van der Waals surface area contributed by atoms with Gasteiger partial charge in [0, 0.05) is 5.56 Å². The number of imide groups is 1. The average Bonchev–Trinajstić information content (AvgIpc) is 3.12. The summed E-state index contributed by atoms with van der Waals surface area (Å²) in [6.45, 7) is 4.61. The smallest absolute Gasteiger partial charge is 0.329 e. The largest absolute Gasteiger partial charge is 0.490 e. The minimum absolute atomic E-state index is 0.179. The number of nitrogens with zero attached hydrogens (tertiary/aromatic N) is 2. The van der Waals surface area contributed by atoms with Crippen molar-refractivity contribution in [1.29, 1.82) is 5.26 Å². The Hall–Kier alpha value is -4.09. The number of aryl methyl sites for hydroxylation is 1. The molecule has 7 nitrogen and oxygen atoms in total. The molecule has 0 unspecified atom stereocenters. The molecule has 1 N–H and O–H groups in total. The van der Waals surface area contributed by atoms with Gasteiger partial charge in [0.1, 0.15) is 12.3 Å². The van der Waals surface area contributed by atoms with Gasteiger partial charge < -0.3 is 14.8 Å². The van der Waals surface area contributed by atoms with Crippen LogP contribution in [0.5, 0.6) is 11.5 Å². The Morgan fingerprint density at radius 3 is 2.56 bits per heavy atom. The van der Waals surface area contributed by atoms with Gasteiger partial charge in [0.15, 0.2) is 11.5 Å². The molecule has 0 spiro atoms. The SMILES string of the molecule is CCOc1cc(/C=C2/NC(=O)N(Cc3ccc(C)cc3)C2=O)cc(Br)c1OCc1ccccc1C#N. The zero-order valence-electron chi connectivity index (χ0n) is 19.9. The molecule has 1 aliphatic heterocycles. The highest BCUT2D eigenvalue weighted by atomic mass is 79.9. The van der Waals surface area contributed by atoms with E-state index in [1.165, 1.54) is 4.90 Å². The van der Waals surface area contributed by atoms with Gasteiger partial charge in [0.25, 0.3) is 5.91 Å². The topological polar surface area (TPSA) is 91.7 Å². The molecule has 0 radical (unpaired) electrons. The zero-order chi connectivity index (χ0) is 25.7. The standard InChI is InChI=1S/C28H24BrN3O4/c1-3-35-25-14-20(12-23(29)26(25)36-17-22-7-5-4-6-21(22)15-30)13-24-27(33)32(28(34)31-24)16-19-10-8-18(2)9-11-19/h4-14H,3,16-17H2,1-2H3,(H,31,34)/b24-13+. The first kappa shape index (κ1) is 25.0. The fourth-order valence-electron chi connectivity index (χ4n) is 3.74. The Morgan fingerprint density at radius 1 is 1.08 bits per heavy atom. The van der Waals surface area contributed by atoms with Crippen molar-refractivity contribution in [2.45, 2.75) is 27.0 Å². The summed E-state index contributed by atoms with van der Waals surface area (Å²) >= 11 is 3.53. The van der Waals surface area contributed by atoms with Crippen LogP contribution in [0.1, 0.15) is 34.7 Å². The molecular formula is C28H24BrN3O4. The van der Waals surface area contributed by atoms with Crippen molar-refractivity contribution in [1.82, 2.24) is 10.2 Å². The van der Waals surface area contributed by atoms with E-state index >= 15 is 0 Å². The molecule has 4 rings (SSSR count). The van der Waals surface area contributed by atoms with Gasteiger partial charge >= 0.3 is 6.03 Å². The highest BCUT2D eigenvalue weighted by Gasteiger charge is 2.33. The number of benzene rings is 3. The Bertz CT molecular complexity index is 1380. The maximum Gasteiger partial charge on any atom is 0.329 e. The number of nitriles is 1. The molecule has 182 valence electrons. The monoisotopic (exact) mass is 545 g/mol. The van der Waals surface area contributed by atoms with Gasteiger partial charge in [-0.15, -0.1) is 0 Å². The summed E-state index contributed by atoms with van der Waals surface area (Å²) in [6.07, 6.45) is 1.61. The highest BCUT2D eigenvalue weighted by Crippen LogP contribution is 2.38. The Labute approximate surface area is 218 Å². The third kappa shape index (κ3) is 5.58. The molecule has 1 fully saturated rings. The highest BCUT2D eigenvalue weighted by molar-refractivity contribution is 9.10. The van der Waals surface area contributed by atoms with E-state index < -0.39 is 11.9 Å². The first-order valence-corrected chi connectivity index (χ1v) is 12.2. The van der Waals surface area contributed by atoms with Crippen LogP contribution in [0, 0.1) is 18.3 Å². The lowest BCUT2D eigenvalue weighted by Crippen LogP contribution is -2.30. The van der Waals surface area contributed by atoms with E-state index in [1.54, 1.807) is 30.3 Å². The van der Waals surface area contributed by atoms with Gasteiger partial charge in [0.05, 0.1) is 29.3 Å². The normalized spacial score (nSPS) is 14.1. The van der Waals surface area contributed by atoms with E-state index in [0.29, 0.717) is 33.7 Å². The third-order valence-electron chi connectivity index (χ3n) is 5.58. The summed E-state index contributed by atoms with van der Waals surface area (Å²) in [5, 5.41) is 12.0. The minimum Gasteiger partial charge on any atom is -0.490 e. The van der Waals surface area contributed by atoms with Gasteiger partial charge in [-0.05, 0) is 65.2 Å². The molecule has 3 aromatic carbocycles. The second kappa shape index (κ2) is 11.1. The third-order valence-corrected chi connectivity index (χ3v) is 6.17. The van der Waals surface area contributed by atoms with Crippen molar-refractivity contribution < 1.29 is 19.1 Å². The zero-order valence-corrected chi connectivity index (χ0v) is 21.5. The van der Waals surface area contributed by atoms with Crippen molar-refractivity contribution in [2.24, 2.45) is 0 Å². The van der Waals surface area contributed by atoms with Gasteiger partial charge in [-0.1, -0.05) is 48.0 Å². The predicted molar refractivity (Wildman–Crippen MR) is 139 cm³/mol. The molecule has 0 saturated carbocycles. The number of hydrogen-bond donors (Lipinski definition) is 1. The molecule has 1 heterocycles. The van der Waals surface area contributed by atoms with Crippen LogP contribution in [-0.4, -0.2) is 23.4 Å². The van der Waals surface area contributed by atoms with Crippen LogP contribution in [-0.2, 0) is 17.9 Å². The maximum absolute atomic E-state index is 13.0. The van der Waals surface area contributed by atoms with Crippen molar-refractivity contribution >= 4 is 33.9 Å². The van der Waals surface area contributed by atoms with Crippen LogP contribution in [0.2, 0.25) is 0 Å². The fourth-order valence-corrected chi connectivity index (χ4v) is 4.31. The molecule has 0 atom stereocenters. The van der Waals surface area contributed by atoms with Crippen LogP contribution in [0.15, 0.2) is 70.8 Å². The number of urea groups is 1. The Kier molecular flexibility index (Phi) is 7.71. The lowest BCUT2D eigenvalue weighted by atomic mass is 10.1. The molecular weight excluding hydrogens is 522 g/mol. The Balaban J connectivity index is 1.56. The molecule has 36 heavy (non-hydrogen) atoms. The first-order valence-electron chi connectivity index (χ1n) is 11.4. The van der Waals surface area contributed by atoms with Crippen LogP contribution in [0.4, 0.5) is 4.79 Å². The average molecular weight is 546 g/mol. The van der Waals surface area contributed by atoms with Gasteiger partial charge in [-0.3, -0.25) is 9.69 Å². The molecule has 0 aromatic heterocycles. The number of amides is 3. The van der Waals surface area contributed by atoms with Gasteiger partial charge in [0.2, 0.25) is 0 Å². The lowest BCUT2D eigenvalue weighted by molar-refractivity contribution is -0.123. The second-order valence-electron chi connectivity index (χ2n) is 8.19. The number of nitrogens with one attached hydrogen (secondary N) is 1. The molecule has 8 heteroatoms. The molecule has 1 aliphatic rings. The molecule has 3 amide bonds. The van der Waals surface area contributed by atoms with Gasteiger partial charge in [-0.25, -0.2) is 4.79 Å². The van der Waals surface area contributed by atoms with Crippen LogP contribution in [0.25, 0.3) is 6.08 Å². The number of carbonyl (C=O) groups excluding carboxylic acids is 2. The molecule has 0 aliphatic carbocycles. The number of carbonyl (C=O) groups is 2. The van der Waals surface area contributed by atoms with Crippen molar-refractivity contribution in [3.63, 3.8) is 0 Å². The summed E-state index contributed by atoms with van der Waals surface area (Å²) in [5.74, 6) is 0.555. The minimum atomic E-state index is -0.466. The summed E-state index contributed by atoms with van der Waals surface area (Å²) in [5.41, 5.74) is 4.10. The number of ether oxygens (including phenoxy) is 2. The van der Waals surface area contributed by atoms with Crippen molar-refractivity contribution in [2.75, 3.05) is 6.61 Å². The summed E-state index contributed by atoms with van der Waals surface area (Å²) in [7, 11) is 0. The number of rotatable bonds is 8. The molecule has 3 aromatic rings. The van der Waals surface area contributed by atoms with Crippen LogP contribution >= 0.6 is 15.9 Å². The van der Waals surface area contributed by atoms with Crippen molar-refractivity contribution in [3.8, 4) is 17.6 Å². The van der Waals surface area contributed by atoms with E-state index in [2.05, 4.69) is 27.3 Å². The summed E-state index contributed by atoms with van der Waals surface area (Å²) in [6, 6.07) is 20.1. The molecule has 0 bridgehead atoms. The quantitative estimate of drug-likeness (QED) is 0.289. The van der Waals surface area contributed by atoms with Crippen LogP contribution in [0.3, 0.4) is 0 Å². The summed E-state index contributed by atoms with van der Waals surface area (Å²) < 4.78 is 12.4. The van der Waals surface area contributed by atoms with E-state index in [4.69, 9.17) is 9.47 Å². The lowest BCUT2D eigenvalue weighted by Gasteiger charge is -2.15. The van der Waals surface area contributed by atoms with Gasteiger partial charge in [-0.2, -0.15) is 5.26 Å². The van der Waals surface area contributed by atoms with Crippen molar-refractivity contribution in [3.05, 3.63) is 98.7 Å². The van der Waals surface area contributed by atoms with Crippen LogP contribution < -0.4 is 14.8 Å². The number of hydrogen-bond acceptors (Lipinski definition) is 5. The first-order chi connectivity index (χ1) is 17.4. The predicted octanol–water partition coefficient (Wildman–Crippen LogP) is 5.70. The van der Waals surface area contributed by atoms with E-state index in [9.17, 15) is 14.9 Å². The summed E-state index contributed by atoms with van der Waals surface area (Å²) in [4.78, 5) is 26.6. The second-order valence-corrected chi connectivity index (χ2v) is 9.04. The van der Waals surface area contributed by atoms with E-state index in [0.717, 1.165) is 16.7 Å².